The summed E-state index contributed by atoms with van der Waals surface area (Å²) >= 11 is 0. The van der Waals surface area contributed by atoms with Gasteiger partial charge in [-0.3, -0.25) is 5.10 Å². The van der Waals surface area contributed by atoms with Gasteiger partial charge in [0.15, 0.2) is 0 Å². The summed E-state index contributed by atoms with van der Waals surface area (Å²) in [4.78, 5) is 4.14. The highest BCUT2D eigenvalue weighted by atomic mass is 16.5. The quantitative estimate of drug-likeness (QED) is 0.849. The zero-order chi connectivity index (χ0) is 13.0. The minimum Gasteiger partial charge on any atom is -0.497 e. The van der Waals surface area contributed by atoms with Gasteiger partial charge in [0.1, 0.15) is 17.9 Å². The molecule has 0 aliphatic rings. The molecule has 2 rings (SSSR count). The van der Waals surface area contributed by atoms with E-state index in [0.29, 0.717) is 0 Å². The monoisotopic (exact) mass is 246 g/mol. The molecular weight excluding hydrogens is 228 g/mol. The fraction of sp³-hybridized carbons (Fsp3) is 0.385. The van der Waals surface area contributed by atoms with Gasteiger partial charge in [-0.15, -0.1) is 0 Å². The Morgan fingerprint density at radius 2 is 1.89 bits per heavy atom. The Balaban J connectivity index is 2.00. The van der Waals surface area contributed by atoms with Crippen LogP contribution < -0.4 is 10.1 Å². The second-order valence-electron chi connectivity index (χ2n) is 4.25. The molecule has 96 valence electrons. The second kappa shape index (κ2) is 5.64. The molecule has 2 aromatic rings. The topological polar surface area (TPSA) is 62.8 Å². The van der Waals surface area contributed by atoms with Gasteiger partial charge in [0, 0.05) is 6.04 Å². The van der Waals surface area contributed by atoms with E-state index in [2.05, 4.69) is 46.5 Å². The van der Waals surface area contributed by atoms with Crippen LogP contribution in [-0.2, 0) is 0 Å². The van der Waals surface area contributed by atoms with E-state index in [1.54, 1.807) is 7.11 Å². The predicted octanol–water partition coefficient (Wildman–Crippen LogP) is 2.23. The van der Waals surface area contributed by atoms with Crippen LogP contribution in [0, 0.1) is 0 Å². The molecule has 2 atom stereocenters. The van der Waals surface area contributed by atoms with Crippen molar-refractivity contribution in [2.75, 3.05) is 7.11 Å². The molecule has 0 fully saturated rings. The standard InChI is InChI=1S/C13H18N4O/c1-9(11-4-6-12(18-3)7-5-11)16-10(2)13-14-8-15-17-13/h4-10,16H,1-3H3,(H,14,15,17). The number of nitrogens with zero attached hydrogens (tertiary/aromatic N) is 2. The molecule has 0 aliphatic heterocycles. The zero-order valence-corrected chi connectivity index (χ0v) is 10.8. The van der Waals surface area contributed by atoms with Crippen molar-refractivity contribution in [2.45, 2.75) is 25.9 Å². The summed E-state index contributed by atoms with van der Waals surface area (Å²) in [5.74, 6) is 1.71. The smallest absolute Gasteiger partial charge is 0.141 e. The molecule has 1 aromatic heterocycles. The van der Waals surface area contributed by atoms with Crippen molar-refractivity contribution in [1.29, 1.82) is 0 Å². The van der Waals surface area contributed by atoms with Gasteiger partial charge < -0.3 is 10.1 Å². The summed E-state index contributed by atoms with van der Waals surface area (Å²) < 4.78 is 5.15. The molecule has 0 aliphatic carbocycles. The molecule has 0 bridgehead atoms. The third-order valence-corrected chi connectivity index (χ3v) is 2.96. The van der Waals surface area contributed by atoms with Gasteiger partial charge in [-0.05, 0) is 31.5 Å². The maximum absolute atomic E-state index is 5.15. The number of aromatic amines is 1. The van der Waals surface area contributed by atoms with E-state index < -0.39 is 0 Å². The van der Waals surface area contributed by atoms with E-state index in [-0.39, 0.29) is 12.1 Å². The maximum atomic E-state index is 5.15. The normalized spacial score (nSPS) is 14.2. The first-order valence-corrected chi connectivity index (χ1v) is 5.96. The van der Waals surface area contributed by atoms with Crippen molar-refractivity contribution < 1.29 is 4.74 Å². The zero-order valence-electron chi connectivity index (χ0n) is 10.8. The van der Waals surface area contributed by atoms with E-state index in [1.807, 2.05) is 12.1 Å². The van der Waals surface area contributed by atoms with Gasteiger partial charge in [-0.2, -0.15) is 5.10 Å². The number of benzene rings is 1. The Hall–Kier alpha value is -1.88. The predicted molar refractivity (Wildman–Crippen MR) is 69.3 cm³/mol. The number of hydrogen-bond acceptors (Lipinski definition) is 4. The summed E-state index contributed by atoms with van der Waals surface area (Å²) in [7, 11) is 1.67. The summed E-state index contributed by atoms with van der Waals surface area (Å²) in [5, 5.41) is 10.2. The number of hydrogen-bond donors (Lipinski definition) is 2. The van der Waals surface area contributed by atoms with Gasteiger partial charge in [-0.1, -0.05) is 12.1 Å². The number of H-pyrrole nitrogens is 1. The SMILES string of the molecule is COc1ccc(C(C)NC(C)c2ncn[nH]2)cc1. The summed E-state index contributed by atoms with van der Waals surface area (Å²) in [6.45, 7) is 4.18. The highest BCUT2D eigenvalue weighted by Crippen LogP contribution is 2.19. The van der Waals surface area contributed by atoms with Gasteiger partial charge in [0.05, 0.1) is 13.2 Å². The van der Waals surface area contributed by atoms with Crippen molar-refractivity contribution in [3.63, 3.8) is 0 Å². The van der Waals surface area contributed by atoms with Crippen LogP contribution in [0.4, 0.5) is 0 Å². The molecule has 2 N–H and O–H groups in total. The van der Waals surface area contributed by atoms with E-state index in [0.717, 1.165) is 11.6 Å². The lowest BCUT2D eigenvalue weighted by Crippen LogP contribution is -2.23. The fourth-order valence-corrected chi connectivity index (χ4v) is 1.87. The Morgan fingerprint density at radius 3 is 2.44 bits per heavy atom. The van der Waals surface area contributed by atoms with Crippen molar-refractivity contribution in [1.82, 2.24) is 20.5 Å². The van der Waals surface area contributed by atoms with E-state index in [1.165, 1.54) is 11.9 Å². The number of methoxy groups -OCH3 is 1. The van der Waals surface area contributed by atoms with E-state index in [9.17, 15) is 0 Å². The minimum atomic E-state index is 0.129. The lowest BCUT2D eigenvalue weighted by molar-refractivity contribution is 0.414. The first-order valence-electron chi connectivity index (χ1n) is 5.96. The summed E-state index contributed by atoms with van der Waals surface area (Å²) in [6.07, 6.45) is 1.52. The van der Waals surface area contributed by atoms with Crippen LogP contribution in [0.1, 0.15) is 37.3 Å². The third kappa shape index (κ3) is 2.87. The van der Waals surface area contributed by atoms with Gasteiger partial charge in [0.2, 0.25) is 0 Å². The van der Waals surface area contributed by atoms with Crippen LogP contribution >= 0.6 is 0 Å². The van der Waals surface area contributed by atoms with Crippen LogP contribution in [0.25, 0.3) is 0 Å². The summed E-state index contributed by atoms with van der Waals surface area (Å²) in [6, 6.07) is 8.41. The number of ether oxygens (including phenoxy) is 1. The van der Waals surface area contributed by atoms with Gasteiger partial charge in [0.25, 0.3) is 0 Å². The number of rotatable bonds is 5. The van der Waals surface area contributed by atoms with Crippen molar-refractivity contribution in [3.05, 3.63) is 42.0 Å². The van der Waals surface area contributed by atoms with Crippen molar-refractivity contribution >= 4 is 0 Å². The van der Waals surface area contributed by atoms with Crippen LogP contribution in [0.2, 0.25) is 0 Å². The molecule has 18 heavy (non-hydrogen) atoms. The van der Waals surface area contributed by atoms with Crippen molar-refractivity contribution in [2.24, 2.45) is 0 Å². The third-order valence-electron chi connectivity index (χ3n) is 2.96. The highest BCUT2D eigenvalue weighted by Gasteiger charge is 2.12. The maximum Gasteiger partial charge on any atom is 0.141 e. The van der Waals surface area contributed by atoms with E-state index >= 15 is 0 Å². The Kier molecular flexibility index (Phi) is 3.94. The average molecular weight is 246 g/mol. The molecule has 0 amide bonds. The fourth-order valence-electron chi connectivity index (χ4n) is 1.87. The van der Waals surface area contributed by atoms with Crippen LogP contribution in [0.5, 0.6) is 5.75 Å². The van der Waals surface area contributed by atoms with Crippen LogP contribution in [-0.4, -0.2) is 22.3 Å². The molecule has 2 unspecified atom stereocenters. The molecule has 0 radical (unpaired) electrons. The molecule has 0 spiro atoms. The molecule has 0 saturated carbocycles. The molecular formula is C13H18N4O. The first kappa shape index (κ1) is 12.6. The second-order valence-corrected chi connectivity index (χ2v) is 4.25. The Bertz CT molecular complexity index is 466. The van der Waals surface area contributed by atoms with Crippen LogP contribution in [0.3, 0.4) is 0 Å². The lowest BCUT2D eigenvalue weighted by Gasteiger charge is -2.18. The Labute approximate surface area is 107 Å². The van der Waals surface area contributed by atoms with Gasteiger partial charge >= 0.3 is 0 Å². The van der Waals surface area contributed by atoms with Gasteiger partial charge in [-0.25, -0.2) is 4.98 Å². The minimum absolute atomic E-state index is 0.129. The lowest BCUT2D eigenvalue weighted by atomic mass is 10.1. The average Bonchev–Trinajstić information content (AvgIpc) is 2.92. The Morgan fingerprint density at radius 1 is 1.17 bits per heavy atom. The number of aromatic nitrogens is 3. The van der Waals surface area contributed by atoms with E-state index in [4.69, 9.17) is 4.74 Å². The molecule has 0 saturated heterocycles. The first-order chi connectivity index (χ1) is 8.70. The highest BCUT2D eigenvalue weighted by molar-refractivity contribution is 5.28. The van der Waals surface area contributed by atoms with Crippen LogP contribution in [0.15, 0.2) is 30.6 Å². The molecule has 5 nitrogen and oxygen atoms in total. The molecule has 1 aromatic carbocycles. The number of nitrogens with one attached hydrogen (secondary N) is 2. The summed E-state index contributed by atoms with van der Waals surface area (Å²) in [5.41, 5.74) is 1.21. The largest absolute Gasteiger partial charge is 0.497 e. The molecule has 1 heterocycles. The molecule has 5 heteroatoms. The van der Waals surface area contributed by atoms with Crippen molar-refractivity contribution in [3.8, 4) is 5.75 Å².